The van der Waals surface area contributed by atoms with Crippen LogP contribution in [0.15, 0.2) is 11.1 Å². The van der Waals surface area contributed by atoms with Crippen molar-refractivity contribution in [1.82, 2.24) is 20.4 Å². The molecule has 1 aromatic heterocycles. The summed E-state index contributed by atoms with van der Waals surface area (Å²) in [6, 6.07) is 2.12. The van der Waals surface area contributed by atoms with E-state index in [-0.39, 0.29) is 24.0 Å². The number of aryl methyl sites for hydroxylation is 3. The lowest BCUT2D eigenvalue weighted by molar-refractivity contribution is 0.0732. The number of aromatic nitrogens is 2. The Morgan fingerprint density at radius 3 is 2.64 bits per heavy atom. The van der Waals surface area contributed by atoms with E-state index in [2.05, 4.69) is 38.4 Å². The molecule has 7 heteroatoms. The summed E-state index contributed by atoms with van der Waals surface area (Å²) in [4.78, 5) is 4.34. The van der Waals surface area contributed by atoms with E-state index < -0.39 is 0 Å². The molecule has 0 unspecified atom stereocenters. The summed E-state index contributed by atoms with van der Waals surface area (Å²) in [7, 11) is 3.61. The molecule has 0 bridgehead atoms. The maximum Gasteiger partial charge on any atom is 0.190 e. The van der Waals surface area contributed by atoms with E-state index in [1.54, 1.807) is 7.11 Å². The number of hydrogen-bond acceptors (Lipinski definition) is 3. The number of hydrogen-bond donors (Lipinski definition) is 2. The summed E-state index contributed by atoms with van der Waals surface area (Å²) in [6.45, 7) is 7.79. The van der Waals surface area contributed by atoms with Crippen LogP contribution in [0.25, 0.3) is 0 Å². The highest BCUT2D eigenvalue weighted by Crippen LogP contribution is 2.43. The van der Waals surface area contributed by atoms with Gasteiger partial charge in [-0.05, 0) is 51.0 Å². The first-order valence-corrected chi connectivity index (χ1v) is 9.03. The van der Waals surface area contributed by atoms with Crippen LogP contribution in [0.2, 0.25) is 0 Å². The van der Waals surface area contributed by atoms with Gasteiger partial charge in [0.05, 0.1) is 5.69 Å². The van der Waals surface area contributed by atoms with Crippen molar-refractivity contribution >= 4 is 29.9 Å². The third-order valence-corrected chi connectivity index (χ3v) is 5.05. The van der Waals surface area contributed by atoms with Crippen LogP contribution in [0, 0.1) is 19.3 Å². The molecular weight excluding hydrogens is 429 g/mol. The zero-order valence-corrected chi connectivity index (χ0v) is 18.4. The fourth-order valence-electron chi connectivity index (χ4n) is 3.34. The van der Waals surface area contributed by atoms with Gasteiger partial charge in [-0.1, -0.05) is 6.42 Å². The van der Waals surface area contributed by atoms with Gasteiger partial charge in [-0.25, -0.2) is 0 Å². The van der Waals surface area contributed by atoms with E-state index in [1.165, 1.54) is 25.0 Å². The van der Waals surface area contributed by atoms with E-state index in [0.717, 1.165) is 50.7 Å². The highest BCUT2D eigenvalue weighted by molar-refractivity contribution is 14.0. The third-order valence-electron chi connectivity index (χ3n) is 5.05. The minimum atomic E-state index is 0. The van der Waals surface area contributed by atoms with Crippen molar-refractivity contribution in [3.8, 4) is 0 Å². The highest BCUT2D eigenvalue weighted by atomic mass is 127. The van der Waals surface area contributed by atoms with E-state index in [4.69, 9.17) is 4.74 Å². The van der Waals surface area contributed by atoms with Gasteiger partial charge in [0.15, 0.2) is 5.96 Å². The molecular formula is C18H34IN5O. The Kier molecular flexibility index (Phi) is 9.78. The van der Waals surface area contributed by atoms with Crippen molar-refractivity contribution in [2.24, 2.45) is 10.4 Å². The van der Waals surface area contributed by atoms with Crippen molar-refractivity contribution in [3.63, 3.8) is 0 Å². The molecule has 25 heavy (non-hydrogen) atoms. The van der Waals surface area contributed by atoms with Crippen molar-refractivity contribution < 1.29 is 4.74 Å². The van der Waals surface area contributed by atoms with Crippen molar-refractivity contribution in [2.45, 2.75) is 52.5 Å². The summed E-state index contributed by atoms with van der Waals surface area (Å²) < 4.78 is 7.33. The summed E-state index contributed by atoms with van der Waals surface area (Å²) in [5, 5.41) is 11.4. The highest BCUT2D eigenvalue weighted by Gasteiger charge is 2.36. The van der Waals surface area contributed by atoms with Crippen molar-refractivity contribution in [1.29, 1.82) is 0 Å². The zero-order chi connectivity index (χ0) is 17.4. The largest absolute Gasteiger partial charge is 0.385 e. The Bertz CT molecular complexity index is 540. The number of ether oxygens (including phenoxy) is 1. The van der Waals surface area contributed by atoms with Crippen LogP contribution < -0.4 is 10.6 Å². The van der Waals surface area contributed by atoms with Crippen LogP contribution >= 0.6 is 24.0 Å². The molecule has 0 atom stereocenters. The lowest BCUT2D eigenvalue weighted by atomic mass is 9.67. The predicted octanol–water partition coefficient (Wildman–Crippen LogP) is 2.88. The van der Waals surface area contributed by atoms with Gasteiger partial charge in [0.2, 0.25) is 0 Å². The fraction of sp³-hybridized carbons (Fsp3) is 0.778. The topological polar surface area (TPSA) is 63.5 Å². The molecule has 1 aliphatic carbocycles. The third kappa shape index (κ3) is 6.77. The Labute approximate surface area is 169 Å². The Balaban J connectivity index is 0.00000312. The maximum absolute atomic E-state index is 5.26. The molecule has 1 fully saturated rings. The average Bonchev–Trinajstić information content (AvgIpc) is 2.85. The number of halogens is 1. The van der Waals surface area contributed by atoms with Gasteiger partial charge in [-0.3, -0.25) is 9.67 Å². The smallest absolute Gasteiger partial charge is 0.190 e. The number of nitrogens with one attached hydrogen (secondary N) is 2. The van der Waals surface area contributed by atoms with E-state index in [9.17, 15) is 0 Å². The number of methoxy groups -OCH3 is 1. The summed E-state index contributed by atoms with van der Waals surface area (Å²) in [5.41, 5.74) is 2.71. The van der Waals surface area contributed by atoms with Crippen LogP contribution in [0.3, 0.4) is 0 Å². The van der Waals surface area contributed by atoms with E-state index >= 15 is 0 Å². The van der Waals surface area contributed by atoms with Crippen LogP contribution in [0.5, 0.6) is 0 Å². The van der Waals surface area contributed by atoms with Crippen LogP contribution in [-0.2, 0) is 11.3 Å². The number of guanidine groups is 1. The minimum absolute atomic E-state index is 0. The van der Waals surface area contributed by atoms with Crippen molar-refractivity contribution in [2.75, 3.05) is 33.9 Å². The quantitative estimate of drug-likeness (QED) is 0.256. The van der Waals surface area contributed by atoms with Gasteiger partial charge in [-0.2, -0.15) is 5.10 Å². The molecule has 0 aliphatic heterocycles. The van der Waals surface area contributed by atoms with Gasteiger partial charge >= 0.3 is 0 Å². The van der Waals surface area contributed by atoms with Gasteiger partial charge < -0.3 is 15.4 Å². The molecule has 1 aliphatic rings. The minimum Gasteiger partial charge on any atom is -0.385 e. The monoisotopic (exact) mass is 463 g/mol. The normalized spacial score (nSPS) is 16.1. The molecule has 1 aromatic rings. The first-order valence-electron chi connectivity index (χ1n) is 9.03. The molecule has 0 radical (unpaired) electrons. The molecule has 6 nitrogen and oxygen atoms in total. The molecule has 144 valence electrons. The molecule has 0 spiro atoms. The molecule has 1 heterocycles. The van der Waals surface area contributed by atoms with E-state index in [0.29, 0.717) is 5.41 Å². The van der Waals surface area contributed by atoms with Gasteiger partial charge in [0.25, 0.3) is 0 Å². The lowest BCUT2D eigenvalue weighted by Crippen LogP contribution is -2.47. The number of nitrogens with zero attached hydrogens (tertiary/aromatic N) is 3. The summed E-state index contributed by atoms with van der Waals surface area (Å²) in [6.07, 6.45) is 6.07. The van der Waals surface area contributed by atoms with Gasteiger partial charge in [0, 0.05) is 46.1 Å². The van der Waals surface area contributed by atoms with Crippen molar-refractivity contribution in [3.05, 3.63) is 17.5 Å². The number of aliphatic imine (C=N–C) groups is 1. The molecule has 2 N–H and O–H groups in total. The second-order valence-electron chi connectivity index (χ2n) is 6.95. The number of rotatable bonds is 9. The molecule has 2 rings (SSSR count). The molecule has 0 aromatic carbocycles. The second kappa shape index (κ2) is 11.0. The van der Waals surface area contributed by atoms with Crippen LogP contribution in [0.1, 0.15) is 43.5 Å². The standard InChI is InChI=1S/C18H33N5O.HI/c1-15-13-16(2)23(22-15)11-6-10-20-17(19-3)21-14-18(7-5-8-18)9-12-24-4;/h13H,5-12,14H2,1-4H3,(H2,19,20,21);1H. The SMILES string of the molecule is CN=C(NCCCn1nc(C)cc1C)NCC1(CCOC)CCC1.I. The average molecular weight is 463 g/mol. The Hall–Kier alpha value is -0.830. The maximum atomic E-state index is 5.26. The first-order chi connectivity index (χ1) is 11.6. The molecule has 1 saturated carbocycles. The Morgan fingerprint density at radius 2 is 2.12 bits per heavy atom. The van der Waals surface area contributed by atoms with E-state index in [1.807, 2.05) is 14.0 Å². The summed E-state index contributed by atoms with van der Waals surface area (Å²) >= 11 is 0. The second-order valence-corrected chi connectivity index (χ2v) is 6.95. The lowest BCUT2D eigenvalue weighted by Gasteiger charge is -2.42. The first kappa shape index (κ1) is 22.2. The molecule has 0 saturated heterocycles. The van der Waals surface area contributed by atoms with Crippen LogP contribution in [0.4, 0.5) is 0 Å². The van der Waals surface area contributed by atoms with Crippen LogP contribution in [-0.4, -0.2) is 49.6 Å². The summed E-state index contributed by atoms with van der Waals surface area (Å²) in [5.74, 6) is 0.895. The van der Waals surface area contributed by atoms with Gasteiger partial charge in [0.1, 0.15) is 0 Å². The van der Waals surface area contributed by atoms with Gasteiger partial charge in [-0.15, -0.1) is 24.0 Å². The Morgan fingerprint density at radius 1 is 1.36 bits per heavy atom. The predicted molar refractivity (Wildman–Crippen MR) is 114 cm³/mol. The fourth-order valence-corrected chi connectivity index (χ4v) is 3.34. The molecule has 0 amide bonds. The zero-order valence-electron chi connectivity index (χ0n) is 16.1.